The molecule has 0 aliphatic heterocycles. The fourth-order valence-electron chi connectivity index (χ4n) is 3.04. The van der Waals surface area contributed by atoms with Crippen LogP contribution in [0.5, 0.6) is 0 Å². The third-order valence-electron chi connectivity index (χ3n) is 4.34. The van der Waals surface area contributed by atoms with Gasteiger partial charge in [0.25, 0.3) is 5.56 Å². The monoisotopic (exact) mass is 401 g/mol. The lowest BCUT2D eigenvalue weighted by molar-refractivity contribution is 0.0499. The maximum absolute atomic E-state index is 14.5. The van der Waals surface area contributed by atoms with E-state index in [1.54, 1.807) is 39.8 Å². The van der Waals surface area contributed by atoms with Crippen molar-refractivity contribution in [1.29, 1.82) is 0 Å². The van der Waals surface area contributed by atoms with E-state index in [1.165, 1.54) is 16.8 Å². The van der Waals surface area contributed by atoms with Gasteiger partial charge in [0.1, 0.15) is 28.4 Å². The molecule has 29 heavy (non-hydrogen) atoms. The van der Waals surface area contributed by atoms with Gasteiger partial charge in [-0.25, -0.2) is 18.7 Å². The molecule has 9 heteroatoms. The average molecular weight is 401 g/mol. The van der Waals surface area contributed by atoms with Crippen LogP contribution in [0.15, 0.2) is 29.2 Å². The molecule has 0 aliphatic carbocycles. The van der Waals surface area contributed by atoms with Gasteiger partial charge in [-0.05, 0) is 45.7 Å². The Morgan fingerprint density at radius 2 is 2.07 bits per heavy atom. The Morgan fingerprint density at radius 3 is 2.66 bits per heavy atom. The van der Waals surface area contributed by atoms with E-state index < -0.39 is 29.1 Å². The van der Waals surface area contributed by atoms with Gasteiger partial charge >= 0.3 is 6.09 Å². The van der Waals surface area contributed by atoms with Gasteiger partial charge in [0.2, 0.25) is 0 Å². The third kappa shape index (κ3) is 4.13. The van der Waals surface area contributed by atoms with Crippen molar-refractivity contribution in [1.82, 2.24) is 25.1 Å². The summed E-state index contributed by atoms with van der Waals surface area (Å²) in [6.45, 7) is 8.87. The molecule has 3 rings (SSSR count). The number of carbonyl (C=O) groups is 1. The van der Waals surface area contributed by atoms with Crippen LogP contribution in [0.25, 0.3) is 16.7 Å². The van der Waals surface area contributed by atoms with Gasteiger partial charge in [0.15, 0.2) is 0 Å². The Hall–Kier alpha value is -3.23. The van der Waals surface area contributed by atoms with Crippen molar-refractivity contribution in [2.75, 3.05) is 0 Å². The lowest BCUT2D eigenvalue weighted by Gasteiger charge is -2.24. The second-order valence-electron chi connectivity index (χ2n) is 7.75. The van der Waals surface area contributed by atoms with Crippen molar-refractivity contribution in [3.63, 3.8) is 0 Å². The molecule has 0 saturated heterocycles. The number of H-pyrrole nitrogens is 1. The zero-order chi connectivity index (χ0) is 21.3. The molecule has 0 bridgehead atoms. The molecule has 0 aliphatic rings. The average Bonchev–Trinajstić information content (AvgIpc) is 3.15. The van der Waals surface area contributed by atoms with E-state index in [4.69, 9.17) is 4.74 Å². The van der Waals surface area contributed by atoms with Crippen LogP contribution in [0.2, 0.25) is 0 Å². The minimum Gasteiger partial charge on any atom is -0.444 e. The highest BCUT2D eigenvalue weighted by Crippen LogP contribution is 2.23. The molecule has 8 nitrogen and oxygen atoms in total. The number of ether oxygens (including phenoxy) is 1. The van der Waals surface area contributed by atoms with Crippen LogP contribution in [-0.2, 0) is 4.74 Å². The quantitative estimate of drug-likeness (QED) is 0.696. The summed E-state index contributed by atoms with van der Waals surface area (Å²) in [5, 5.41) is 9.23. The first-order chi connectivity index (χ1) is 13.6. The molecule has 0 spiro atoms. The SMILES string of the molecule is CC[C@H](NC(=O)OC(C)(C)C)c1nc2c(C)ccc(F)c2c(=O)n1-c1ccn[nH]1. The molecule has 3 aromatic rings. The van der Waals surface area contributed by atoms with Crippen molar-refractivity contribution in [3.8, 4) is 5.82 Å². The van der Waals surface area contributed by atoms with Crippen molar-refractivity contribution < 1.29 is 13.9 Å². The molecule has 2 N–H and O–H groups in total. The van der Waals surface area contributed by atoms with E-state index in [0.29, 0.717) is 17.8 Å². The predicted molar refractivity (Wildman–Crippen MR) is 107 cm³/mol. The molecule has 1 amide bonds. The fourth-order valence-corrected chi connectivity index (χ4v) is 3.04. The second kappa shape index (κ2) is 7.65. The number of hydrogen-bond donors (Lipinski definition) is 2. The van der Waals surface area contributed by atoms with Crippen molar-refractivity contribution in [2.24, 2.45) is 0 Å². The van der Waals surface area contributed by atoms with Gasteiger partial charge in [-0.15, -0.1) is 0 Å². The number of alkyl carbamates (subject to hydrolysis) is 1. The van der Waals surface area contributed by atoms with Gasteiger partial charge in [-0.3, -0.25) is 9.89 Å². The van der Waals surface area contributed by atoms with Gasteiger partial charge in [-0.2, -0.15) is 5.10 Å². The van der Waals surface area contributed by atoms with E-state index in [1.807, 2.05) is 6.92 Å². The highest BCUT2D eigenvalue weighted by Gasteiger charge is 2.26. The van der Waals surface area contributed by atoms with Gasteiger partial charge in [0, 0.05) is 6.07 Å². The lowest BCUT2D eigenvalue weighted by Crippen LogP contribution is -2.38. The van der Waals surface area contributed by atoms with E-state index in [2.05, 4.69) is 20.5 Å². The Kier molecular flexibility index (Phi) is 5.41. The third-order valence-corrected chi connectivity index (χ3v) is 4.34. The Labute approximate surface area is 167 Å². The summed E-state index contributed by atoms with van der Waals surface area (Å²) in [6, 6.07) is 3.74. The molecule has 0 radical (unpaired) electrons. The second-order valence-corrected chi connectivity index (χ2v) is 7.75. The first-order valence-electron chi connectivity index (χ1n) is 9.33. The number of halogens is 1. The number of aromatic amines is 1. The number of amides is 1. The predicted octanol–water partition coefficient (Wildman–Crippen LogP) is 3.53. The largest absolute Gasteiger partial charge is 0.444 e. The topological polar surface area (TPSA) is 102 Å². The maximum atomic E-state index is 14.5. The number of carbonyl (C=O) groups excluding carboxylic acids is 1. The van der Waals surface area contributed by atoms with E-state index in [9.17, 15) is 14.0 Å². The van der Waals surface area contributed by atoms with E-state index >= 15 is 0 Å². The maximum Gasteiger partial charge on any atom is 0.408 e. The van der Waals surface area contributed by atoms with Crippen molar-refractivity contribution in [2.45, 2.75) is 52.7 Å². The number of nitrogens with zero attached hydrogens (tertiary/aromatic N) is 3. The van der Waals surface area contributed by atoms with Crippen molar-refractivity contribution in [3.05, 3.63) is 52.0 Å². The molecule has 2 heterocycles. The highest BCUT2D eigenvalue weighted by atomic mass is 19.1. The summed E-state index contributed by atoms with van der Waals surface area (Å²) < 4.78 is 21.1. The molecule has 1 aromatic carbocycles. The normalized spacial score (nSPS) is 12.8. The van der Waals surface area contributed by atoms with Crippen molar-refractivity contribution >= 4 is 17.0 Å². The Morgan fingerprint density at radius 1 is 1.34 bits per heavy atom. The number of rotatable bonds is 4. The van der Waals surface area contributed by atoms with Gasteiger partial charge in [0.05, 0.1) is 17.8 Å². The first-order valence-corrected chi connectivity index (χ1v) is 9.33. The standard InChI is InChI=1S/C20H24FN5O3/c1-6-13(23-19(28)29-20(3,4)5)17-24-16-11(2)7-8-12(21)15(16)18(27)26(17)14-9-10-22-25-14/h7-10,13H,6H2,1-5H3,(H,22,25)(H,23,28)/t13-/m0/s1. The van der Waals surface area contributed by atoms with Crippen LogP contribution >= 0.6 is 0 Å². The van der Waals surface area contributed by atoms with Crippen LogP contribution in [0, 0.1) is 12.7 Å². The summed E-state index contributed by atoms with van der Waals surface area (Å²) in [5.74, 6) is -0.0744. The van der Waals surface area contributed by atoms with Crippen LogP contribution in [0.4, 0.5) is 9.18 Å². The summed E-state index contributed by atoms with van der Waals surface area (Å²) in [4.78, 5) is 30.2. The molecule has 154 valence electrons. The van der Waals surface area contributed by atoms with Crippen LogP contribution in [0.1, 0.15) is 51.5 Å². The Balaban J connectivity index is 2.22. The summed E-state index contributed by atoms with van der Waals surface area (Å²) in [6.07, 6.45) is 1.27. The number of nitrogens with one attached hydrogen (secondary N) is 2. The molecule has 2 aromatic heterocycles. The lowest BCUT2D eigenvalue weighted by atomic mass is 10.1. The zero-order valence-electron chi connectivity index (χ0n) is 17.0. The summed E-state index contributed by atoms with van der Waals surface area (Å²) in [7, 11) is 0. The summed E-state index contributed by atoms with van der Waals surface area (Å²) in [5.41, 5.74) is -0.351. The molecular weight excluding hydrogens is 377 g/mol. The van der Waals surface area contributed by atoms with Crippen LogP contribution in [0.3, 0.4) is 0 Å². The van der Waals surface area contributed by atoms with Gasteiger partial charge < -0.3 is 10.1 Å². The van der Waals surface area contributed by atoms with E-state index in [-0.39, 0.29) is 16.7 Å². The van der Waals surface area contributed by atoms with E-state index in [0.717, 1.165) is 0 Å². The smallest absolute Gasteiger partial charge is 0.408 e. The molecule has 0 fully saturated rings. The molecular formula is C20H24FN5O3. The fraction of sp³-hybridized carbons (Fsp3) is 0.400. The van der Waals surface area contributed by atoms with Crippen LogP contribution < -0.4 is 10.9 Å². The molecule has 0 saturated carbocycles. The molecule has 0 unspecified atom stereocenters. The zero-order valence-corrected chi connectivity index (χ0v) is 17.0. The Bertz CT molecular complexity index is 1100. The first kappa shape index (κ1) is 20.5. The minimum absolute atomic E-state index is 0.115. The summed E-state index contributed by atoms with van der Waals surface area (Å²) >= 11 is 0. The number of benzene rings is 1. The van der Waals surface area contributed by atoms with Gasteiger partial charge in [-0.1, -0.05) is 13.0 Å². The number of fused-ring (bicyclic) bond motifs is 1. The van der Waals surface area contributed by atoms with Crippen LogP contribution in [-0.4, -0.2) is 31.4 Å². The number of aromatic nitrogens is 4. The molecule has 1 atom stereocenters. The number of aryl methyl sites for hydroxylation is 1. The minimum atomic E-state index is -0.679. The highest BCUT2D eigenvalue weighted by molar-refractivity contribution is 5.82. The number of hydrogen-bond acceptors (Lipinski definition) is 5.